The van der Waals surface area contributed by atoms with E-state index >= 15 is 0 Å². The molecule has 26 heavy (non-hydrogen) atoms. The summed E-state index contributed by atoms with van der Waals surface area (Å²) in [6.07, 6.45) is 1.64. The van der Waals surface area contributed by atoms with Crippen molar-refractivity contribution >= 4 is 28.3 Å². The summed E-state index contributed by atoms with van der Waals surface area (Å²) >= 11 is 6.16. The second-order valence-corrected chi connectivity index (χ2v) is 7.12. The van der Waals surface area contributed by atoms with Crippen molar-refractivity contribution in [1.29, 1.82) is 0 Å². The number of anilines is 1. The quantitative estimate of drug-likeness (QED) is 0.696. The lowest BCUT2D eigenvalue weighted by molar-refractivity contribution is 0.249. The first-order chi connectivity index (χ1) is 12.6. The van der Waals surface area contributed by atoms with Gasteiger partial charge in [0.15, 0.2) is 0 Å². The molecule has 1 fully saturated rings. The predicted molar refractivity (Wildman–Crippen MR) is 103 cm³/mol. The maximum absolute atomic E-state index is 13.2. The van der Waals surface area contributed by atoms with Gasteiger partial charge in [-0.3, -0.25) is 4.90 Å². The molecule has 2 aromatic carbocycles. The van der Waals surface area contributed by atoms with Crippen LogP contribution in [-0.2, 0) is 6.54 Å². The summed E-state index contributed by atoms with van der Waals surface area (Å²) in [5.74, 6) is 0.702. The van der Waals surface area contributed by atoms with Crippen molar-refractivity contribution in [3.63, 3.8) is 0 Å². The Balaban J connectivity index is 1.48. The molecule has 0 N–H and O–H groups in total. The summed E-state index contributed by atoms with van der Waals surface area (Å²) in [5, 5.41) is 1.59. The van der Waals surface area contributed by atoms with Gasteiger partial charge < -0.3 is 4.90 Å². The first kappa shape index (κ1) is 17.2. The van der Waals surface area contributed by atoms with Gasteiger partial charge in [0, 0.05) is 43.1 Å². The number of piperazine rings is 1. The zero-order valence-electron chi connectivity index (χ0n) is 14.6. The molecule has 134 valence electrons. The minimum Gasteiger partial charge on any atom is -0.353 e. The highest BCUT2D eigenvalue weighted by Gasteiger charge is 2.20. The van der Waals surface area contributed by atoms with Crippen molar-refractivity contribution in [2.24, 2.45) is 0 Å². The fourth-order valence-corrected chi connectivity index (χ4v) is 3.64. The van der Waals surface area contributed by atoms with E-state index in [0.29, 0.717) is 5.02 Å². The Morgan fingerprint density at radius 3 is 2.62 bits per heavy atom. The molecule has 0 radical (unpaired) electrons. The van der Waals surface area contributed by atoms with E-state index in [1.165, 1.54) is 17.7 Å². The fraction of sp³-hybridized carbons (Fsp3) is 0.300. The van der Waals surface area contributed by atoms with Crippen molar-refractivity contribution < 1.29 is 4.39 Å². The molecule has 0 saturated carbocycles. The molecule has 4 nitrogen and oxygen atoms in total. The molecule has 0 atom stereocenters. The Kier molecular flexibility index (Phi) is 4.74. The maximum Gasteiger partial charge on any atom is 0.139 e. The van der Waals surface area contributed by atoms with Crippen LogP contribution in [0.3, 0.4) is 0 Å². The Bertz CT molecular complexity index is 938. The number of aryl methyl sites for hydroxylation is 1. The summed E-state index contributed by atoms with van der Waals surface area (Å²) in [7, 11) is 0. The van der Waals surface area contributed by atoms with E-state index in [9.17, 15) is 4.39 Å². The van der Waals surface area contributed by atoms with Crippen LogP contribution >= 0.6 is 11.6 Å². The molecule has 0 unspecified atom stereocenters. The van der Waals surface area contributed by atoms with Crippen LogP contribution in [0.2, 0.25) is 5.02 Å². The number of hydrogen-bond donors (Lipinski definition) is 0. The third-order valence-electron chi connectivity index (χ3n) is 4.85. The van der Waals surface area contributed by atoms with E-state index in [0.717, 1.165) is 55.0 Å². The highest BCUT2D eigenvalue weighted by molar-refractivity contribution is 6.31. The van der Waals surface area contributed by atoms with E-state index in [2.05, 4.69) is 38.8 Å². The topological polar surface area (TPSA) is 32.3 Å². The SMILES string of the molecule is Cc1ccc2ncnc(N3CCN(Cc4ccc(F)cc4Cl)CC3)c2c1. The second kappa shape index (κ2) is 7.17. The molecular formula is C20H20ClFN4. The molecule has 4 rings (SSSR count). The van der Waals surface area contributed by atoms with Crippen LogP contribution in [0, 0.1) is 12.7 Å². The van der Waals surface area contributed by atoms with Crippen molar-refractivity contribution in [3.05, 3.63) is 64.7 Å². The minimum absolute atomic E-state index is 0.297. The molecule has 1 aromatic heterocycles. The van der Waals surface area contributed by atoms with E-state index in [1.54, 1.807) is 12.4 Å². The first-order valence-electron chi connectivity index (χ1n) is 8.73. The second-order valence-electron chi connectivity index (χ2n) is 6.72. The van der Waals surface area contributed by atoms with Gasteiger partial charge in [0.1, 0.15) is 18.0 Å². The normalized spacial score (nSPS) is 15.6. The molecule has 1 saturated heterocycles. The Hall–Kier alpha value is -2.24. The zero-order valence-corrected chi connectivity index (χ0v) is 15.4. The molecule has 0 bridgehead atoms. The summed E-state index contributed by atoms with van der Waals surface area (Å²) < 4.78 is 13.2. The van der Waals surface area contributed by atoms with Crippen molar-refractivity contribution in [2.75, 3.05) is 31.1 Å². The number of fused-ring (bicyclic) bond motifs is 1. The molecule has 0 aliphatic carbocycles. The van der Waals surface area contributed by atoms with Gasteiger partial charge in [0.05, 0.1) is 5.52 Å². The number of halogens is 2. The number of benzene rings is 2. The maximum atomic E-state index is 13.2. The monoisotopic (exact) mass is 370 g/mol. The molecule has 3 aromatic rings. The van der Waals surface area contributed by atoms with E-state index in [1.807, 2.05) is 6.07 Å². The highest BCUT2D eigenvalue weighted by Crippen LogP contribution is 2.26. The molecule has 0 amide bonds. The lowest BCUT2D eigenvalue weighted by Crippen LogP contribution is -2.46. The largest absolute Gasteiger partial charge is 0.353 e. The third-order valence-corrected chi connectivity index (χ3v) is 5.20. The first-order valence-corrected chi connectivity index (χ1v) is 9.10. The highest BCUT2D eigenvalue weighted by atomic mass is 35.5. The third kappa shape index (κ3) is 3.50. The van der Waals surface area contributed by atoms with Gasteiger partial charge in [-0.05, 0) is 36.8 Å². The minimum atomic E-state index is -0.297. The number of aromatic nitrogens is 2. The smallest absolute Gasteiger partial charge is 0.139 e. The van der Waals surface area contributed by atoms with E-state index in [-0.39, 0.29) is 5.82 Å². The average molecular weight is 371 g/mol. The van der Waals surface area contributed by atoms with Crippen LogP contribution in [0.1, 0.15) is 11.1 Å². The number of rotatable bonds is 3. The van der Waals surface area contributed by atoms with Crippen LogP contribution in [0.4, 0.5) is 10.2 Å². The van der Waals surface area contributed by atoms with Crippen molar-refractivity contribution in [1.82, 2.24) is 14.9 Å². The van der Waals surface area contributed by atoms with E-state index < -0.39 is 0 Å². The van der Waals surface area contributed by atoms with Gasteiger partial charge >= 0.3 is 0 Å². The number of hydrogen-bond acceptors (Lipinski definition) is 4. The summed E-state index contributed by atoms with van der Waals surface area (Å²) in [5.41, 5.74) is 3.14. The molecular weight excluding hydrogens is 351 g/mol. The van der Waals surface area contributed by atoms with Gasteiger partial charge in [-0.2, -0.15) is 0 Å². The molecule has 6 heteroatoms. The average Bonchev–Trinajstić information content (AvgIpc) is 2.64. The Labute approximate surface area is 157 Å². The zero-order chi connectivity index (χ0) is 18.1. The molecule has 2 heterocycles. The Morgan fingerprint density at radius 1 is 1.04 bits per heavy atom. The lowest BCUT2D eigenvalue weighted by atomic mass is 10.1. The van der Waals surface area contributed by atoms with E-state index in [4.69, 9.17) is 11.6 Å². The predicted octanol–water partition coefficient (Wildman–Crippen LogP) is 4.05. The van der Waals surface area contributed by atoms with Gasteiger partial charge in [0.2, 0.25) is 0 Å². The van der Waals surface area contributed by atoms with Gasteiger partial charge in [0.25, 0.3) is 0 Å². The number of nitrogens with zero attached hydrogens (tertiary/aromatic N) is 4. The summed E-state index contributed by atoms with van der Waals surface area (Å²) in [6.45, 7) is 6.41. The van der Waals surface area contributed by atoms with Gasteiger partial charge in [-0.25, -0.2) is 14.4 Å². The van der Waals surface area contributed by atoms with Crippen LogP contribution in [0.5, 0.6) is 0 Å². The Morgan fingerprint density at radius 2 is 1.85 bits per heavy atom. The molecule has 1 aliphatic rings. The van der Waals surface area contributed by atoms with Crippen LogP contribution in [-0.4, -0.2) is 41.0 Å². The van der Waals surface area contributed by atoms with Crippen LogP contribution in [0.25, 0.3) is 10.9 Å². The fourth-order valence-electron chi connectivity index (χ4n) is 3.42. The van der Waals surface area contributed by atoms with Crippen LogP contribution < -0.4 is 4.90 Å². The summed E-state index contributed by atoms with van der Waals surface area (Å²) in [6, 6.07) is 10.9. The van der Waals surface area contributed by atoms with Crippen molar-refractivity contribution in [3.8, 4) is 0 Å². The molecule has 0 spiro atoms. The summed E-state index contributed by atoms with van der Waals surface area (Å²) in [4.78, 5) is 13.6. The van der Waals surface area contributed by atoms with Crippen LogP contribution in [0.15, 0.2) is 42.7 Å². The van der Waals surface area contributed by atoms with Gasteiger partial charge in [-0.1, -0.05) is 29.3 Å². The molecule has 1 aliphatic heterocycles. The van der Waals surface area contributed by atoms with Gasteiger partial charge in [-0.15, -0.1) is 0 Å². The van der Waals surface area contributed by atoms with Crippen molar-refractivity contribution in [2.45, 2.75) is 13.5 Å². The standard InChI is InChI=1S/C20H20ClFN4/c1-14-2-5-19-17(10-14)20(24-13-23-19)26-8-6-25(7-9-26)12-15-3-4-16(22)11-18(15)21/h2-5,10-11,13H,6-9,12H2,1H3. The lowest BCUT2D eigenvalue weighted by Gasteiger charge is -2.36.